The Labute approximate surface area is 176 Å². The summed E-state index contributed by atoms with van der Waals surface area (Å²) in [6.45, 7) is 2.40. The van der Waals surface area contributed by atoms with E-state index in [1.54, 1.807) is 7.11 Å². The van der Waals surface area contributed by atoms with Crippen LogP contribution in [0.2, 0.25) is 0 Å². The van der Waals surface area contributed by atoms with Crippen molar-refractivity contribution in [3.63, 3.8) is 0 Å². The molecule has 156 valence electrons. The van der Waals surface area contributed by atoms with Crippen LogP contribution in [0.1, 0.15) is 0 Å². The van der Waals surface area contributed by atoms with E-state index in [1.165, 1.54) is 5.06 Å². The molecule has 1 N–H and O–H groups in total. The molecule has 1 saturated heterocycles. The lowest BCUT2D eigenvalue weighted by molar-refractivity contribution is -0.0937. The highest BCUT2D eigenvalue weighted by Crippen LogP contribution is 2.31. The predicted octanol–water partition coefficient (Wildman–Crippen LogP) is 2.79. The molecule has 0 amide bonds. The van der Waals surface area contributed by atoms with Gasteiger partial charge in [-0.25, -0.2) is 4.98 Å². The molecule has 0 aliphatic carbocycles. The quantitative estimate of drug-likeness (QED) is 0.693. The molecule has 0 bridgehead atoms. The number of methoxy groups -OCH3 is 1. The van der Waals surface area contributed by atoms with Gasteiger partial charge in [-0.15, -0.1) is 10.2 Å². The second-order valence-electron chi connectivity index (χ2n) is 7.42. The van der Waals surface area contributed by atoms with E-state index in [-0.39, 0.29) is 0 Å². The Morgan fingerprint density at radius 3 is 2.03 bits per heavy atom. The van der Waals surface area contributed by atoms with Gasteiger partial charge in [-0.2, -0.15) is 5.06 Å². The molecule has 2 aromatic carbocycles. The Bertz CT molecular complexity index is 984. The molecule has 0 saturated carbocycles. The van der Waals surface area contributed by atoms with Crippen molar-refractivity contribution in [1.82, 2.24) is 20.2 Å². The number of hydrogen-bond donors (Lipinski definition) is 1. The molecule has 2 heterocycles. The van der Waals surface area contributed by atoms with Crippen molar-refractivity contribution in [1.29, 1.82) is 0 Å². The van der Waals surface area contributed by atoms with Crippen molar-refractivity contribution < 1.29 is 9.94 Å². The van der Waals surface area contributed by atoms with Crippen molar-refractivity contribution in [2.24, 2.45) is 0 Å². The lowest BCUT2D eigenvalue weighted by Gasteiger charge is -2.31. The van der Waals surface area contributed by atoms with Crippen LogP contribution in [0, 0.1) is 0 Å². The number of rotatable bonds is 5. The van der Waals surface area contributed by atoms with E-state index in [0.29, 0.717) is 32.1 Å². The molecule has 3 aromatic rings. The summed E-state index contributed by atoms with van der Waals surface area (Å²) in [5.41, 5.74) is 4.52. The zero-order valence-electron chi connectivity index (χ0n) is 17.5. The number of nitrogens with zero attached hydrogens (tertiary/aromatic N) is 6. The fourth-order valence-corrected chi connectivity index (χ4v) is 3.41. The van der Waals surface area contributed by atoms with Crippen molar-refractivity contribution in [2.45, 2.75) is 0 Å². The van der Waals surface area contributed by atoms with E-state index in [4.69, 9.17) is 9.72 Å². The lowest BCUT2D eigenvalue weighted by Crippen LogP contribution is -2.45. The first-order valence-electron chi connectivity index (χ1n) is 9.91. The van der Waals surface area contributed by atoms with Crippen LogP contribution in [0.4, 0.5) is 11.6 Å². The SMILES string of the molecule is COc1ccc(-c2nc(N3CCN(O)CC3)nnc2-c2ccc(N(C)C)cc2)cc1. The Balaban J connectivity index is 1.76. The van der Waals surface area contributed by atoms with E-state index < -0.39 is 0 Å². The van der Waals surface area contributed by atoms with Crippen LogP contribution in [0.25, 0.3) is 22.5 Å². The van der Waals surface area contributed by atoms with E-state index in [1.807, 2.05) is 55.4 Å². The fourth-order valence-electron chi connectivity index (χ4n) is 3.41. The third-order valence-electron chi connectivity index (χ3n) is 5.24. The lowest BCUT2D eigenvalue weighted by atomic mass is 10.0. The number of aromatic nitrogens is 3. The van der Waals surface area contributed by atoms with Gasteiger partial charge in [0.05, 0.1) is 7.11 Å². The number of hydrogen-bond acceptors (Lipinski definition) is 8. The molecule has 4 rings (SSSR count). The van der Waals surface area contributed by atoms with Gasteiger partial charge in [-0.3, -0.25) is 0 Å². The summed E-state index contributed by atoms with van der Waals surface area (Å²) in [7, 11) is 5.68. The van der Waals surface area contributed by atoms with Crippen LogP contribution in [0.3, 0.4) is 0 Å². The third kappa shape index (κ3) is 4.19. The van der Waals surface area contributed by atoms with Crippen LogP contribution < -0.4 is 14.5 Å². The molecule has 0 atom stereocenters. The average Bonchev–Trinajstić information content (AvgIpc) is 2.79. The Morgan fingerprint density at radius 2 is 1.43 bits per heavy atom. The van der Waals surface area contributed by atoms with Crippen LogP contribution in [-0.2, 0) is 0 Å². The molecule has 1 aliphatic heterocycles. The fraction of sp³-hybridized carbons (Fsp3) is 0.318. The van der Waals surface area contributed by atoms with Gasteiger partial charge in [-0.1, -0.05) is 12.1 Å². The monoisotopic (exact) mass is 406 g/mol. The predicted molar refractivity (Wildman–Crippen MR) is 117 cm³/mol. The van der Waals surface area contributed by atoms with Gasteiger partial charge in [0.25, 0.3) is 0 Å². The molecule has 8 nitrogen and oxygen atoms in total. The highest BCUT2D eigenvalue weighted by Gasteiger charge is 2.21. The Morgan fingerprint density at radius 1 is 0.833 bits per heavy atom. The van der Waals surface area contributed by atoms with Crippen LogP contribution in [0.15, 0.2) is 48.5 Å². The van der Waals surface area contributed by atoms with Crippen molar-refractivity contribution in [2.75, 3.05) is 57.2 Å². The van der Waals surface area contributed by atoms with Gasteiger partial charge < -0.3 is 19.7 Å². The minimum absolute atomic E-state index is 0.551. The summed E-state index contributed by atoms with van der Waals surface area (Å²) in [4.78, 5) is 8.99. The van der Waals surface area contributed by atoms with Crippen LogP contribution >= 0.6 is 0 Å². The molecule has 1 fully saturated rings. The maximum Gasteiger partial charge on any atom is 0.246 e. The maximum atomic E-state index is 9.64. The molecular formula is C22H26N6O2. The Kier molecular flexibility index (Phi) is 5.78. The molecule has 1 aromatic heterocycles. The molecule has 1 aliphatic rings. The molecule has 30 heavy (non-hydrogen) atoms. The normalized spacial score (nSPS) is 14.6. The Hall–Kier alpha value is -3.23. The average molecular weight is 406 g/mol. The summed E-state index contributed by atoms with van der Waals surface area (Å²) >= 11 is 0. The second-order valence-corrected chi connectivity index (χ2v) is 7.42. The maximum absolute atomic E-state index is 9.64. The van der Waals surface area contributed by atoms with Crippen LogP contribution in [-0.4, -0.2) is 72.8 Å². The van der Waals surface area contributed by atoms with Gasteiger partial charge in [0.1, 0.15) is 17.1 Å². The zero-order valence-corrected chi connectivity index (χ0v) is 17.5. The van der Waals surface area contributed by atoms with Crippen molar-refractivity contribution >= 4 is 11.6 Å². The molecule has 0 spiro atoms. The summed E-state index contributed by atoms with van der Waals surface area (Å²) in [6.07, 6.45) is 0. The standard InChI is InChI=1S/C22H26N6O2/c1-26(2)18-8-4-17(5-9-18)21-20(16-6-10-19(30-3)11-7-16)23-22(25-24-21)27-12-14-28(29)15-13-27/h4-11,29H,12-15H2,1-3H3. The highest BCUT2D eigenvalue weighted by atomic mass is 16.5. The van der Waals surface area contributed by atoms with Gasteiger partial charge >= 0.3 is 0 Å². The third-order valence-corrected chi connectivity index (χ3v) is 5.24. The first-order valence-corrected chi connectivity index (χ1v) is 9.91. The van der Waals surface area contributed by atoms with E-state index in [0.717, 1.165) is 34.0 Å². The summed E-state index contributed by atoms with van der Waals surface area (Å²) in [5, 5.41) is 19.9. The van der Waals surface area contributed by atoms with Gasteiger partial charge in [0.15, 0.2) is 0 Å². The zero-order chi connectivity index (χ0) is 21.1. The minimum Gasteiger partial charge on any atom is -0.497 e. The second kappa shape index (κ2) is 8.64. The van der Waals surface area contributed by atoms with E-state index in [9.17, 15) is 5.21 Å². The number of piperazine rings is 1. The molecular weight excluding hydrogens is 380 g/mol. The number of ether oxygens (including phenoxy) is 1. The van der Waals surface area contributed by atoms with E-state index in [2.05, 4.69) is 27.2 Å². The smallest absolute Gasteiger partial charge is 0.246 e. The number of anilines is 2. The number of benzene rings is 2. The van der Waals surface area contributed by atoms with Crippen molar-refractivity contribution in [3.05, 3.63) is 48.5 Å². The van der Waals surface area contributed by atoms with E-state index >= 15 is 0 Å². The van der Waals surface area contributed by atoms with Crippen molar-refractivity contribution in [3.8, 4) is 28.3 Å². The first kappa shape index (κ1) is 20.1. The van der Waals surface area contributed by atoms with Gasteiger partial charge in [0, 0.05) is 57.1 Å². The first-order chi connectivity index (χ1) is 14.5. The summed E-state index contributed by atoms with van der Waals surface area (Å²) in [6, 6.07) is 16.0. The van der Waals surface area contributed by atoms with Crippen LogP contribution in [0.5, 0.6) is 5.75 Å². The summed E-state index contributed by atoms with van der Waals surface area (Å²) in [5.74, 6) is 1.36. The van der Waals surface area contributed by atoms with Gasteiger partial charge in [-0.05, 0) is 36.4 Å². The largest absolute Gasteiger partial charge is 0.497 e. The van der Waals surface area contributed by atoms with Gasteiger partial charge in [0.2, 0.25) is 5.95 Å². The topological polar surface area (TPSA) is 77.8 Å². The molecule has 0 radical (unpaired) electrons. The number of hydroxylamine groups is 2. The molecule has 8 heteroatoms. The molecule has 0 unspecified atom stereocenters. The summed E-state index contributed by atoms with van der Waals surface area (Å²) < 4.78 is 5.29. The minimum atomic E-state index is 0.551. The highest BCUT2D eigenvalue weighted by molar-refractivity contribution is 5.79.